The maximum absolute atomic E-state index is 12.3. The minimum atomic E-state index is -0.0745. The van der Waals surface area contributed by atoms with E-state index < -0.39 is 0 Å². The Morgan fingerprint density at radius 1 is 1.15 bits per heavy atom. The zero-order chi connectivity index (χ0) is 17.7. The first-order valence-electron chi connectivity index (χ1n) is 8.12. The Bertz CT molecular complexity index is 1330. The van der Waals surface area contributed by atoms with Gasteiger partial charge in [0, 0.05) is 18.0 Å². The number of rotatable bonds is 3. The van der Waals surface area contributed by atoms with Crippen LogP contribution in [0.25, 0.3) is 22.5 Å². The Kier molecular flexibility index (Phi) is 3.32. The predicted octanol–water partition coefficient (Wildman–Crippen LogP) is 2.82. The van der Waals surface area contributed by atoms with Crippen molar-refractivity contribution >= 4 is 34.2 Å². The molecule has 0 aliphatic rings. The number of hydrogen-bond acceptors (Lipinski definition) is 5. The molecule has 26 heavy (non-hydrogen) atoms. The Morgan fingerprint density at radius 3 is 2.96 bits per heavy atom. The molecule has 0 bridgehead atoms. The molecule has 0 radical (unpaired) electrons. The highest BCUT2D eigenvalue weighted by molar-refractivity contribution is 7.98. The molecule has 0 saturated heterocycles. The fourth-order valence-electron chi connectivity index (χ4n) is 3.01. The highest BCUT2D eigenvalue weighted by Gasteiger charge is 2.12. The summed E-state index contributed by atoms with van der Waals surface area (Å²) in [5.74, 6) is 1.25. The molecule has 4 heterocycles. The molecule has 1 aromatic carbocycles. The average molecular weight is 362 g/mol. The van der Waals surface area contributed by atoms with Crippen LogP contribution in [0.1, 0.15) is 11.3 Å². The van der Waals surface area contributed by atoms with E-state index in [-0.39, 0.29) is 5.56 Å². The van der Waals surface area contributed by atoms with E-state index in [1.54, 1.807) is 16.7 Å². The van der Waals surface area contributed by atoms with Crippen molar-refractivity contribution in [1.29, 1.82) is 0 Å². The van der Waals surface area contributed by atoms with Crippen LogP contribution in [0.15, 0.2) is 58.6 Å². The molecule has 128 valence electrons. The van der Waals surface area contributed by atoms with E-state index in [0.717, 1.165) is 27.4 Å². The fraction of sp³-hybridized carbons (Fsp3) is 0.111. The first-order valence-corrected chi connectivity index (χ1v) is 9.11. The van der Waals surface area contributed by atoms with Crippen LogP contribution in [-0.2, 0) is 5.75 Å². The van der Waals surface area contributed by atoms with Gasteiger partial charge in [-0.15, -0.1) is 5.10 Å². The maximum Gasteiger partial charge on any atom is 0.258 e. The molecular formula is C18H14N6OS. The highest BCUT2D eigenvalue weighted by Crippen LogP contribution is 2.24. The number of hydrogen-bond donors (Lipinski definition) is 1. The van der Waals surface area contributed by atoms with Crippen LogP contribution in [-0.4, -0.2) is 29.0 Å². The Balaban J connectivity index is 1.51. The number of thioether (sulfide) groups is 1. The van der Waals surface area contributed by atoms with Gasteiger partial charge in [0.2, 0.25) is 5.78 Å². The lowest BCUT2D eigenvalue weighted by atomic mass is 10.3. The van der Waals surface area contributed by atoms with Gasteiger partial charge >= 0.3 is 0 Å². The molecule has 5 rings (SSSR count). The van der Waals surface area contributed by atoms with Gasteiger partial charge in [0.1, 0.15) is 5.65 Å². The minimum Gasteiger partial charge on any atom is -0.269 e. The molecule has 0 saturated carbocycles. The number of para-hydroxylation sites is 2. The molecule has 0 atom stereocenters. The number of pyridine rings is 1. The van der Waals surface area contributed by atoms with Gasteiger partial charge in [-0.3, -0.25) is 13.6 Å². The summed E-state index contributed by atoms with van der Waals surface area (Å²) in [6.07, 6.45) is 1.80. The maximum atomic E-state index is 12.3. The second kappa shape index (κ2) is 5.70. The van der Waals surface area contributed by atoms with Crippen molar-refractivity contribution in [3.05, 3.63) is 70.3 Å². The fourth-order valence-corrected chi connectivity index (χ4v) is 3.86. The van der Waals surface area contributed by atoms with Crippen molar-refractivity contribution in [3.8, 4) is 0 Å². The standard InChI is InChI=1S/C18H14N6OS/c1-11-6-7-15-19-12(8-16(25)23(15)9-11)10-26-18-22-21-17-20-13-4-2-3-5-14(13)24(17)18/h2-9H,10H2,1H3,(H,20,21). The van der Waals surface area contributed by atoms with E-state index in [1.165, 1.54) is 11.8 Å². The molecule has 0 aliphatic carbocycles. The lowest BCUT2D eigenvalue weighted by molar-refractivity contribution is 0.937. The van der Waals surface area contributed by atoms with Crippen LogP contribution < -0.4 is 5.56 Å². The topological polar surface area (TPSA) is 80.3 Å². The van der Waals surface area contributed by atoms with Gasteiger partial charge in [0.25, 0.3) is 5.56 Å². The monoisotopic (exact) mass is 362 g/mol. The lowest BCUT2D eigenvalue weighted by Gasteiger charge is -2.04. The number of fused-ring (bicyclic) bond motifs is 4. The van der Waals surface area contributed by atoms with Crippen LogP contribution in [0.2, 0.25) is 0 Å². The number of nitrogens with one attached hydrogen (secondary N) is 1. The van der Waals surface area contributed by atoms with Crippen molar-refractivity contribution in [3.63, 3.8) is 0 Å². The van der Waals surface area contributed by atoms with E-state index in [2.05, 4.69) is 20.2 Å². The number of imidazole rings is 1. The molecule has 4 aromatic heterocycles. The van der Waals surface area contributed by atoms with E-state index in [0.29, 0.717) is 17.2 Å². The van der Waals surface area contributed by atoms with Crippen LogP contribution >= 0.6 is 11.8 Å². The normalized spacial score (nSPS) is 11.7. The second-order valence-electron chi connectivity index (χ2n) is 6.07. The molecule has 5 aromatic rings. The van der Waals surface area contributed by atoms with Crippen molar-refractivity contribution in [2.75, 3.05) is 0 Å². The van der Waals surface area contributed by atoms with E-state index >= 15 is 0 Å². The SMILES string of the molecule is Cc1ccc2nc(CSc3n[nH]c4nc5ccccc5n34)cc(=O)n2c1. The quantitative estimate of drug-likeness (QED) is 0.499. The third-order valence-electron chi connectivity index (χ3n) is 4.21. The molecule has 7 nitrogen and oxygen atoms in total. The number of aromatic nitrogens is 6. The van der Waals surface area contributed by atoms with Gasteiger partial charge in [-0.25, -0.2) is 15.1 Å². The van der Waals surface area contributed by atoms with Crippen LogP contribution in [0.3, 0.4) is 0 Å². The molecule has 0 amide bonds. The van der Waals surface area contributed by atoms with Gasteiger partial charge in [0.05, 0.1) is 16.7 Å². The molecule has 0 fully saturated rings. The van der Waals surface area contributed by atoms with Crippen molar-refractivity contribution < 1.29 is 0 Å². The third-order valence-corrected chi connectivity index (χ3v) is 5.19. The van der Waals surface area contributed by atoms with Gasteiger partial charge in [-0.05, 0) is 30.7 Å². The summed E-state index contributed by atoms with van der Waals surface area (Å²) >= 11 is 1.52. The summed E-state index contributed by atoms with van der Waals surface area (Å²) in [5, 5.41) is 8.09. The van der Waals surface area contributed by atoms with Crippen molar-refractivity contribution in [2.45, 2.75) is 17.8 Å². The summed E-state index contributed by atoms with van der Waals surface area (Å²) in [7, 11) is 0. The van der Waals surface area contributed by atoms with Crippen LogP contribution in [0.5, 0.6) is 0 Å². The number of benzene rings is 1. The first-order chi connectivity index (χ1) is 12.7. The number of H-pyrrole nitrogens is 1. The average Bonchev–Trinajstić information content (AvgIpc) is 3.20. The summed E-state index contributed by atoms with van der Waals surface area (Å²) in [4.78, 5) is 21.4. The molecule has 1 N–H and O–H groups in total. The summed E-state index contributed by atoms with van der Waals surface area (Å²) in [6, 6.07) is 13.3. The second-order valence-corrected chi connectivity index (χ2v) is 7.02. The smallest absolute Gasteiger partial charge is 0.258 e. The first kappa shape index (κ1) is 15.2. The molecular weight excluding hydrogens is 348 g/mol. The summed E-state index contributed by atoms with van der Waals surface area (Å²) in [5.41, 5.74) is 4.24. The number of aromatic amines is 1. The van der Waals surface area contributed by atoms with Gasteiger partial charge < -0.3 is 0 Å². The minimum absolute atomic E-state index is 0.0745. The zero-order valence-corrected chi connectivity index (χ0v) is 14.7. The van der Waals surface area contributed by atoms with E-state index in [4.69, 9.17) is 0 Å². The molecule has 0 spiro atoms. The van der Waals surface area contributed by atoms with Crippen molar-refractivity contribution in [1.82, 2.24) is 29.0 Å². The van der Waals surface area contributed by atoms with Crippen LogP contribution in [0.4, 0.5) is 0 Å². The highest BCUT2D eigenvalue weighted by atomic mass is 32.2. The number of nitrogens with zero attached hydrogens (tertiary/aromatic N) is 5. The number of aryl methyl sites for hydroxylation is 1. The zero-order valence-electron chi connectivity index (χ0n) is 13.9. The molecule has 0 unspecified atom stereocenters. The summed E-state index contributed by atoms with van der Waals surface area (Å²) < 4.78 is 3.55. The summed E-state index contributed by atoms with van der Waals surface area (Å²) in [6.45, 7) is 1.95. The van der Waals surface area contributed by atoms with E-state index in [1.807, 2.05) is 47.7 Å². The molecule has 8 heteroatoms. The predicted molar refractivity (Wildman–Crippen MR) is 101 cm³/mol. The lowest BCUT2D eigenvalue weighted by Crippen LogP contribution is -2.15. The third kappa shape index (κ3) is 2.38. The Hall–Kier alpha value is -3.13. The van der Waals surface area contributed by atoms with Gasteiger partial charge in [-0.1, -0.05) is 30.0 Å². The van der Waals surface area contributed by atoms with Gasteiger partial charge in [0.15, 0.2) is 5.16 Å². The largest absolute Gasteiger partial charge is 0.269 e. The molecule has 0 aliphatic heterocycles. The van der Waals surface area contributed by atoms with Crippen molar-refractivity contribution in [2.24, 2.45) is 0 Å². The van der Waals surface area contributed by atoms with Crippen LogP contribution in [0, 0.1) is 6.92 Å². The van der Waals surface area contributed by atoms with Gasteiger partial charge in [-0.2, -0.15) is 0 Å². The Labute approximate surface area is 151 Å². The van der Waals surface area contributed by atoms with E-state index in [9.17, 15) is 4.79 Å². The Morgan fingerprint density at radius 2 is 2.04 bits per heavy atom.